The van der Waals surface area contributed by atoms with E-state index in [0.717, 1.165) is 36.8 Å². The van der Waals surface area contributed by atoms with Gasteiger partial charge in [-0.3, -0.25) is 4.72 Å². The first-order chi connectivity index (χ1) is 15.1. The molecule has 1 aromatic heterocycles. The Bertz CT molecular complexity index is 1330. The van der Waals surface area contributed by atoms with Crippen molar-refractivity contribution in [1.82, 2.24) is 10.2 Å². The summed E-state index contributed by atoms with van der Waals surface area (Å²) < 4.78 is 34.4. The van der Waals surface area contributed by atoms with Gasteiger partial charge >= 0.3 is 0 Å². The lowest BCUT2D eigenvalue weighted by Gasteiger charge is -2.17. The Hall–Kier alpha value is -3.45. The maximum Gasteiger partial charge on any atom is 0.261 e. The number of aryl methyl sites for hydroxylation is 2. The number of rotatable bonds is 5. The highest BCUT2D eigenvalue weighted by Crippen LogP contribution is 2.28. The molecule has 0 fully saturated rings. The molecule has 0 radical (unpaired) electrons. The summed E-state index contributed by atoms with van der Waals surface area (Å²) in [6.07, 6.45) is 4.20. The van der Waals surface area contributed by atoms with E-state index < -0.39 is 10.0 Å². The van der Waals surface area contributed by atoms with Gasteiger partial charge in [-0.25, -0.2) is 8.42 Å². The van der Waals surface area contributed by atoms with Crippen molar-refractivity contribution in [3.05, 3.63) is 83.9 Å². The minimum absolute atomic E-state index is 0.280. The Balaban J connectivity index is 1.40. The van der Waals surface area contributed by atoms with Gasteiger partial charge in [0.15, 0.2) is 0 Å². The Labute approximate surface area is 181 Å². The average Bonchev–Trinajstić information content (AvgIpc) is 3.30. The highest BCUT2D eigenvalue weighted by Gasteiger charge is 2.19. The summed E-state index contributed by atoms with van der Waals surface area (Å²) in [7, 11) is -3.70. The predicted molar refractivity (Wildman–Crippen MR) is 119 cm³/mol. The van der Waals surface area contributed by atoms with Crippen molar-refractivity contribution in [2.45, 2.75) is 30.6 Å². The molecule has 0 bridgehead atoms. The zero-order valence-electron chi connectivity index (χ0n) is 16.8. The second-order valence-corrected chi connectivity index (χ2v) is 9.28. The number of nitrogens with one attached hydrogen (secondary N) is 1. The number of sulfonamides is 1. The number of hydrogen-bond donors (Lipinski definition) is 1. The average molecular weight is 432 g/mol. The van der Waals surface area contributed by atoms with E-state index in [9.17, 15) is 8.42 Å². The summed E-state index contributed by atoms with van der Waals surface area (Å²) in [5.41, 5.74) is 4.28. The van der Waals surface area contributed by atoms with Crippen molar-refractivity contribution in [2.75, 3.05) is 4.72 Å². The lowest BCUT2D eigenvalue weighted by atomic mass is 9.92. The Morgan fingerprint density at radius 2 is 1.45 bits per heavy atom. The van der Waals surface area contributed by atoms with Crippen LogP contribution in [0.3, 0.4) is 0 Å². The normalized spacial score (nSPS) is 13.5. The molecular weight excluding hydrogens is 410 g/mol. The van der Waals surface area contributed by atoms with Gasteiger partial charge in [0.2, 0.25) is 11.8 Å². The zero-order valence-corrected chi connectivity index (χ0v) is 17.6. The van der Waals surface area contributed by atoms with Crippen LogP contribution in [0.2, 0.25) is 0 Å². The van der Waals surface area contributed by atoms with Gasteiger partial charge in [0.25, 0.3) is 10.0 Å². The quantitative estimate of drug-likeness (QED) is 0.476. The third-order valence-corrected chi connectivity index (χ3v) is 6.82. The Kier molecular flexibility index (Phi) is 5.03. The van der Waals surface area contributed by atoms with E-state index in [2.05, 4.69) is 14.9 Å². The monoisotopic (exact) mass is 431 g/mol. The fourth-order valence-electron chi connectivity index (χ4n) is 3.84. The van der Waals surface area contributed by atoms with Gasteiger partial charge in [0.05, 0.1) is 4.90 Å². The molecule has 156 valence electrons. The molecule has 0 aliphatic heterocycles. The smallest absolute Gasteiger partial charge is 0.261 e. The van der Waals surface area contributed by atoms with Crippen LogP contribution >= 0.6 is 0 Å². The third-order valence-electron chi connectivity index (χ3n) is 5.44. The van der Waals surface area contributed by atoms with Crippen LogP contribution in [-0.4, -0.2) is 18.6 Å². The molecular formula is C24H21N3O3S. The zero-order chi connectivity index (χ0) is 21.3. The first-order valence-electron chi connectivity index (χ1n) is 10.2. The molecule has 6 nitrogen and oxygen atoms in total. The molecule has 1 aliphatic rings. The van der Waals surface area contributed by atoms with Gasteiger partial charge in [0.1, 0.15) is 0 Å². The Morgan fingerprint density at radius 3 is 2.26 bits per heavy atom. The van der Waals surface area contributed by atoms with Crippen LogP contribution in [0.15, 0.2) is 82.1 Å². The molecule has 1 N–H and O–H groups in total. The summed E-state index contributed by atoms with van der Waals surface area (Å²) in [5.74, 6) is 0.740. The van der Waals surface area contributed by atoms with Crippen LogP contribution in [0, 0.1) is 0 Å². The van der Waals surface area contributed by atoms with Crippen LogP contribution in [0.5, 0.6) is 0 Å². The minimum atomic E-state index is -3.70. The van der Waals surface area contributed by atoms with Crippen LogP contribution in [0.25, 0.3) is 22.9 Å². The molecule has 1 aliphatic carbocycles. The van der Waals surface area contributed by atoms with E-state index in [1.54, 1.807) is 36.4 Å². The molecule has 0 saturated heterocycles. The van der Waals surface area contributed by atoms with Crippen molar-refractivity contribution < 1.29 is 12.8 Å². The van der Waals surface area contributed by atoms with Crippen LogP contribution in [0.4, 0.5) is 5.69 Å². The number of hydrogen-bond acceptors (Lipinski definition) is 5. The topological polar surface area (TPSA) is 85.1 Å². The van der Waals surface area contributed by atoms with Crippen LogP contribution in [-0.2, 0) is 22.9 Å². The highest BCUT2D eigenvalue weighted by molar-refractivity contribution is 7.92. The van der Waals surface area contributed by atoms with E-state index in [1.165, 1.54) is 5.56 Å². The van der Waals surface area contributed by atoms with Gasteiger partial charge < -0.3 is 4.42 Å². The standard InChI is InChI=1S/C24H21N3O3S/c28-31(29,22-14-13-17-7-4-5-10-19(17)16-22)27-21-12-6-11-20(15-21)24-26-25-23(30-24)18-8-2-1-3-9-18/h1-3,6,8-9,11-16,27H,4-5,7,10H2. The van der Waals surface area contributed by atoms with E-state index in [-0.39, 0.29) is 4.90 Å². The van der Waals surface area contributed by atoms with Crippen molar-refractivity contribution >= 4 is 15.7 Å². The summed E-state index contributed by atoms with van der Waals surface area (Å²) in [4.78, 5) is 0.280. The lowest BCUT2D eigenvalue weighted by Crippen LogP contribution is -2.14. The maximum absolute atomic E-state index is 13.0. The number of anilines is 1. The SMILES string of the molecule is O=S(=O)(Nc1cccc(-c2nnc(-c3ccccc3)o2)c1)c1ccc2c(c1)CCCC2. The summed E-state index contributed by atoms with van der Waals surface area (Å²) >= 11 is 0. The molecule has 31 heavy (non-hydrogen) atoms. The molecule has 3 aromatic carbocycles. The second-order valence-electron chi connectivity index (χ2n) is 7.60. The molecule has 0 spiro atoms. The van der Waals surface area contributed by atoms with Gasteiger partial charge in [-0.2, -0.15) is 0 Å². The van der Waals surface area contributed by atoms with Gasteiger partial charge in [-0.05, 0) is 79.3 Å². The van der Waals surface area contributed by atoms with Crippen molar-refractivity contribution in [3.8, 4) is 22.9 Å². The number of benzene rings is 3. The van der Waals surface area contributed by atoms with Crippen molar-refractivity contribution in [2.24, 2.45) is 0 Å². The molecule has 1 heterocycles. The number of nitrogens with zero attached hydrogens (tertiary/aromatic N) is 2. The molecule has 0 saturated carbocycles. The molecule has 0 atom stereocenters. The maximum atomic E-state index is 13.0. The number of aromatic nitrogens is 2. The fraction of sp³-hybridized carbons (Fsp3) is 0.167. The summed E-state index contributed by atoms with van der Waals surface area (Å²) in [6, 6.07) is 21.9. The first kappa shape index (κ1) is 19.5. The second kappa shape index (κ2) is 8.00. The van der Waals surface area contributed by atoms with Crippen molar-refractivity contribution in [3.63, 3.8) is 0 Å². The van der Waals surface area contributed by atoms with Crippen LogP contribution in [0.1, 0.15) is 24.0 Å². The fourth-order valence-corrected chi connectivity index (χ4v) is 4.94. The van der Waals surface area contributed by atoms with E-state index in [4.69, 9.17) is 4.42 Å². The highest BCUT2D eigenvalue weighted by atomic mass is 32.2. The van der Waals surface area contributed by atoms with Gasteiger partial charge in [0, 0.05) is 16.8 Å². The molecule has 0 unspecified atom stereocenters. The molecule has 7 heteroatoms. The summed E-state index contributed by atoms with van der Waals surface area (Å²) in [5, 5.41) is 8.21. The van der Waals surface area contributed by atoms with Gasteiger partial charge in [-0.1, -0.05) is 30.3 Å². The predicted octanol–water partition coefficient (Wildman–Crippen LogP) is 5.08. The number of fused-ring (bicyclic) bond motifs is 1. The van der Waals surface area contributed by atoms with E-state index >= 15 is 0 Å². The minimum Gasteiger partial charge on any atom is -0.416 e. The van der Waals surface area contributed by atoms with E-state index in [1.807, 2.05) is 36.4 Å². The van der Waals surface area contributed by atoms with Crippen LogP contribution < -0.4 is 4.72 Å². The Morgan fingerprint density at radius 1 is 0.742 bits per heavy atom. The van der Waals surface area contributed by atoms with Gasteiger partial charge in [-0.15, -0.1) is 10.2 Å². The van der Waals surface area contributed by atoms with Crippen molar-refractivity contribution in [1.29, 1.82) is 0 Å². The lowest BCUT2D eigenvalue weighted by molar-refractivity contribution is 0.584. The summed E-state index contributed by atoms with van der Waals surface area (Å²) in [6.45, 7) is 0. The van der Waals surface area contributed by atoms with E-state index in [0.29, 0.717) is 23.0 Å². The molecule has 4 aromatic rings. The largest absolute Gasteiger partial charge is 0.416 e. The third kappa shape index (κ3) is 4.09. The first-order valence-corrected chi connectivity index (χ1v) is 11.7. The molecule has 5 rings (SSSR count). The molecule has 0 amide bonds.